The largest absolute Gasteiger partial charge is 0.395 e. The first kappa shape index (κ1) is 9.08. The van der Waals surface area contributed by atoms with E-state index in [1.807, 2.05) is 0 Å². The molecular weight excluding hydrogens is 174 g/mol. The minimum atomic E-state index is -1.04. The third kappa shape index (κ3) is 1.12. The average Bonchev–Trinajstić information content (AvgIpc) is 2.57. The Morgan fingerprint density at radius 1 is 1.38 bits per heavy atom. The molecular formula is C8H13NO4. The third-order valence-corrected chi connectivity index (χ3v) is 2.98. The Hall–Kier alpha value is -0.490. The lowest BCUT2D eigenvalue weighted by atomic mass is 10.0. The van der Waals surface area contributed by atoms with E-state index in [1.165, 1.54) is 0 Å². The van der Waals surface area contributed by atoms with Gasteiger partial charge in [-0.15, -0.1) is 0 Å². The van der Waals surface area contributed by atoms with Gasteiger partial charge < -0.3 is 15.3 Å². The summed E-state index contributed by atoms with van der Waals surface area (Å²) in [5, 5.41) is 28.0. The van der Waals surface area contributed by atoms with Gasteiger partial charge in [-0.3, -0.25) is 9.69 Å². The zero-order chi connectivity index (χ0) is 9.59. The zero-order valence-corrected chi connectivity index (χ0v) is 7.13. The molecule has 4 unspecified atom stereocenters. The van der Waals surface area contributed by atoms with Crippen molar-refractivity contribution in [2.75, 3.05) is 13.2 Å². The van der Waals surface area contributed by atoms with Gasteiger partial charge in [0.2, 0.25) is 0 Å². The fraction of sp³-hybridized carbons (Fsp3) is 0.875. The van der Waals surface area contributed by atoms with Crippen LogP contribution in [0.5, 0.6) is 0 Å². The second-order valence-corrected chi connectivity index (χ2v) is 3.63. The smallest absolute Gasteiger partial charge is 0.154 e. The van der Waals surface area contributed by atoms with Crippen LogP contribution in [-0.4, -0.2) is 63.4 Å². The van der Waals surface area contributed by atoms with Gasteiger partial charge in [0, 0.05) is 13.0 Å². The third-order valence-electron chi connectivity index (χ3n) is 2.98. The summed E-state index contributed by atoms with van der Waals surface area (Å²) in [5.74, 6) is -0.0394. The van der Waals surface area contributed by atoms with Gasteiger partial charge in [-0.25, -0.2) is 0 Å². The average molecular weight is 187 g/mol. The van der Waals surface area contributed by atoms with Crippen LogP contribution in [0.2, 0.25) is 0 Å². The van der Waals surface area contributed by atoms with Gasteiger partial charge >= 0.3 is 0 Å². The van der Waals surface area contributed by atoms with Crippen molar-refractivity contribution >= 4 is 5.78 Å². The maximum atomic E-state index is 11.3. The molecule has 0 aromatic heterocycles. The highest BCUT2D eigenvalue weighted by Gasteiger charge is 2.52. The topological polar surface area (TPSA) is 81.0 Å². The number of aliphatic hydroxyl groups is 3. The molecule has 0 aromatic rings. The summed E-state index contributed by atoms with van der Waals surface area (Å²) >= 11 is 0. The number of hydrogen-bond donors (Lipinski definition) is 3. The summed E-state index contributed by atoms with van der Waals surface area (Å²) in [7, 11) is 0. The number of ketones is 1. The van der Waals surface area contributed by atoms with Crippen LogP contribution in [0.4, 0.5) is 0 Å². The van der Waals surface area contributed by atoms with E-state index in [2.05, 4.69) is 0 Å². The van der Waals surface area contributed by atoms with Crippen molar-refractivity contribution in [2.24, 2.45) is 0 Å². The van der Waals surface area contributed by atoms with Crippen LogP contribution < -0.4 is 0 Å². The Balaban J connectivity index is 2.24. The first-order valence-corrected chi connectivity index (χ1v) is 4.42. The normalized spacial score (nSPS) is 45.6. The number of carbonyl (C=O) groups excluding carboxylic acids is 1. The van der Waals surface area contributed by atoms with E-state index in [4.69, 9.17) is 5.11 Å². The van der Waals surface area contributed by atoms with Crippen LogP contribution in [0, 0.1) is 0 Å². The number of carbonyl (C=O) groups is 1. The minimum absolute atomic E-state index is 0.0394. The quantitative estimate of drug-likeness (QED) is 0.431. The van der Waals surface area contributed by atoms with Crippen LogP contribution in [0.3, 0.4) is 0 Å². The van der Waals surface area contributed by atoms with E-state index in [0.717, 1.165) is 0 Å². The van der Waals surface area contributed by atoms with Gasteiger partial charge in [0.05, 0.1) is 24.8 Å². The predicted molar refractivity (Wildman–Crippen MR) is 43.0 cm³/mol. The van der Waals surface area contributed by atoms with Crippen molar-refractivity contribution in [1.82, 2.24) is 4.90 Å². The molecule has 3 N–H and O–H groups in total. The summed E-state index contributed by atoms with van der Waals surface area (Å²) in [4.78, 5) is 13.0. The summed E-state index contributed by atoms with van der Waals surface area (Å²) in [6.07, 6.45) is -1.63. The van der Waals surface area contributed by atoms with Gasteiger partial charge in [0.15, 0.2) is 5.78 Å². The van der Waals surface area contributed by atoms with E-state index in [0.29, 0.717) is 13.0 Å². The maximum Gasteiger partial charge on any atom is 0.154 e. The van der Waals surface area contributed by atoms with Crippen molar-refractivity contribution in [3.8, 4) is 0 Å². The first-order valence-electron chi connectivity index (χ1n) is 4.42. The Morgan fingerprint density at radius 3 is 2.69 bits per heavy atom. The molecule has 0 amide bonds. The standard InChI is InChI=1S/C8H13NO4/c10-3-4-7(12)8(13)6-5(11)1-2-9(4)6/h4,6-8,10,12-13H,1-3H2. The van der Waals surface area contributed by atoms with Crippen molar-refractivity contribution in [1.29, 1.82) is 0 Å². The lowest BCUT2D eigenvalue weighted by molar-refractivity contribution is -0.122. The second kappa shape index (κ2) is 3.02. The summed E-state index contributed by atoms with van der Waals surface area (Å²) in [6, 6.07) is -1.07. The number of fused-ring (bicyclic) bond motifs is 1. The molecule has 5 heteroatoms. The molecule has 13 heavy (non-hydrogen) atoms. The second-order valence-electron chi connectivity index (χ2n) is 3.63. The fourth-order valence-electron chi connectivity index (χ4n) is 2.29. The van der Waals surface area contributed by atoms with E-state index >= 15 is 0 Å². The van der Waals surface area contributed by atoms with Crippen LogP contribution >= 0.6 is 0 Å². The van der Waals surface area contributed by atoms with Crippen molar-refractivity contribution in [3.63, 3.8) is 0 Å². The van der Waals surface area contributed by atoms with E-state index < -0.39 is 24.3 Å². The molecule has 5 nitrogen and oxygen atoms in total. The lowest BCUT2D eigenvalue weighted by Gasteiger charge is -2.21. The Kier molecular flexibility index (Phi) is 2.11. The molecule has 0 bridgehead atoms. The molecule has 4 atom stereocenters. The van der Waals surface area contributed by atoms with Crippen LogP contribution in [-0.2, 0) is 4.79 Å². The van der Waals surface area contributed by atoms with Crippen molar-refractivity contribution < 1.29 is 20.1 Å². The van der Waals surface area contributed by atoms with Crippen LogP contribution in [0.15, 0.2) is 0 Å². The van der Waals surface area contributed by atoms with Crippen LogP contribution in [0.1, 0.15) is 6.42 Å². The maximum absolute atomic E-state index is 11.3. The van der Waals surface area contributed by atoms with Gasteiger partial charge in [-0.1, -0.05) is 0 Å². The highest BCUT2D eigenvalue weighted by atomic mass is 16.3. The van der Waals surface area contributed by atoms with Gasteiger partial charge in [-0.05, 0) is 0 Å². The molecule has 2 saturated heterocycles. The molecule has 74 valence electrons. The fourth-order valence-corrected chi connectivity index (χ4v) is 2.29. The van der Waals surface area contributed by atoms with E-state index in [9.17, 15) is 15.0 Å². The molecule has 0 spiro atoms. The number of nitrogens with zero attached hydrogens (tertiary/aromatic N) is 1. The summed E-state index contributed by atoms with van der Waals surface area (Å²) in [6.45, 7) is 0.310. The lowest BCUT2D eigenvalue weighted by Crippen LogP contribution is -2.39. The van der Waals surface area contributed by atoms with Crippen LogP contribution in [0.25, 0.3) is 0 Å². The monoisotopic (exact) mass is 187 g/mol. The number of hydrogen-bond acceptors (Lipinski definition) is 5. The van der Waals surface area contributed by atoms with Gasteiger partial charge in [0.1, 0.15) is 6.10 Å². The molecule has 2 rings (SSSR count). The van der Waals surface area contributed by atoms with E-state index in [-0.39, 0.29) is 12.4 Å². The number of aliphatic hydroxyl groups excluding tert-OH is 3. The minimum Gasteiger partial charge on any atom is -0.395 e. The Bertz CT molecular complexity index is 232. The summed E-state index contributed by atoms with van der Waals surface area (Å²) in [5.41, 5.74) is 0. The molecule has 0 aliphatic carbocycles. The first-order chi connectivity index (χ1) is 6.16. The van der Waals surface area contributed by atoms with Gasteiger partial charge in [-0.2, -0.15) is 0 Å². The SMILES string of the molecule is O=C1CCN2C(CO)C(O)C(O)C12. The molecule has 0 saturated carbocycles. The number of rotatable bonds is 1. The Labute approximate surface area is 75.6 Å². The zero-order valence-electron chi connectivity index (χ0n) is 7.13. The van der Waals surface area contributed by atoms with Crippen molar-refractivity contribution in [2.45, 2.75) is 30.7 Å². The number of Topliss-reactive ketones (excluding diaryl/α,β-unsaturated/α-hetero) is 1. The Morgan fingerprint density at radius 2 is 2.08 bits per heavy atom. The molecule has 2 fully saturated rings. The predicted octanol–water partition coefficient (Wildman–Crippen LogP) is -2.27. The molecule has 2 heterocycles. The highest BCUT2D eigenvalue weighted by Crippen LogP contribution is 2.30. The van der Waals surface area contributed by atoms with E-state index in [1.54, 1.807) is 4.90 Å². The molecule has 0 aromatic carbocycles. The molecule has 0 radical (unpaired) electrons. The highest BCUT2D eigenvalue weighted by molar-refractivity contribution is 5.87. The molecule has 2 aliphatic rings. The molecule has 2 aliphatic heterocycles. The van der Waals surface area contributed by atoms with Gasteiger partial charge in [0.25, 0.3) is 0 Å². The summed E-state index contributed by atoms with van der Waals surface area (Å²) < 4.78 is 0. The van der Waals surface area contributed by atoms with Crippen molar-refractivity contribution in [3.05, 3.63) is 0 Å².